The number of halogens is 1. The molecule has 0 N–H and O–H groups in total. The number of morpholine rings is 1. The highest BCUT2D eigenvalue weighted by atomic mass is 35.5. The van der Waals surface area contributed by atoms with Crippen molar-refractivity contribution in [3.05, 3.63) is 59.1 Å². The lowest BCUT2D eigenvalue weighted by Crippen LogP contribution is -2.52. The van der Waals surface area contributed by atoms with Gasteiger partial charge in [-0.1, -0.05) is 29.8 Å². The van der Waals surface area contributed by atoms with Crippen LogP contribution in [0.5, 0.6) is 11.5 Å². The third-order valence-electron chi connectivity index (χ3n) is 6.04. The molecule has 2 saturated heterocycles. The van der Waals surface area contributed by atoms with E-state index in [4.69, 9.17) is 25.8 Å². The Morgan fingerprint density at radius 1 is 1.03 bits per heavy atom. The van der Waals surface area contributed by atoms with Crippen LogP contribution >= 0.6 is 11.6 Å². The molecular formula is C24H31ClN2O3. The first-order valence-corrected chi connectivity index (χ1v) is 11.2. The maximum atomic E-state index is 6.00. The number of ether oxygens (including phenoxy) is 3. The van der Waals surface area contributed by atoms with E-state index >= 15 is 0 Å². The Morgan fingerprint density at radius 3 is 2.57 bits per heavy atom. The van der Waals surface area contributed by atoms with Crippen LogP contribution in [0.25, 0.3) is 0 Å². The molecule has 0 saturated carbocycles. The van der Waals surface area contributed by atoms with Crippen LogP contribution in [-0.4, -0.2) is 68.4 Å². The minimum absolute atomic E-state index is 0.108. The van der Waals surface area contributed by atoms with Crippen LogP contribution in [0.3, 0.4) is 0 Å². The number of piperidine rings is 1. The molecule has 6 heteroatoms. The SMILES string of the molecule is COc1cccc(OCC2CN(C3CCN(Cc4ccc(Cl)cc4)CC3)CCO2)c1. The molecule has 0 aliphatic carbocycles. The monoisotopic (exact) mass is 430 g/mol. The second-order valence-electron chi connectivity index (χ2n) is 8.11. The van der Waals surface area contributed by atoms with Gasteiger partial charge in [0, 0.05) is 36.8 Å². The average molecular weight is 431 g/mol. The molecule has 2 heterocycles. The third kappa shape index (κ3) is 5.88. The van der Waals surface area contributed by atoms with Gasteiger partial charge in [-0.2, -0.15) is 0 Å². The van der Waals surface area contributed by atoms with E-state index < -0.39 is 0 Å². The number of methoxy groups -OCH3 is 1. The van der Waals surface area contributed by atoms with Crippen LogP contribution in [0.4, 0.5) is 0 Å². The van der Waals surface area contributed by atoms with E-state index in [0.29, 0.717) is 12.6 Å². The molecule has 4 rings (SSSR count). The standard InChI is InChI=1S/C24H31ClN2O3/c1-28-22-3-2-4-23(15-22)30-18-24-17-27(13-14-29-24)21-9-11-26(12-10-21)16-19-5-7-20(25)8-6-19/h2-8,15,21,24H,9-14,16-18H2,1H3. The van der Waals surface area contributed by atoms with Gasteiger partial charge in [-0.05, 0) is 55.8 Å². The molecule has 0 bridgehead atoms. The van der Waals surface area contributed by atoms with Gasteiger partial charge in [0.05, 0.1) is 13.7 Å². The van der Waals surface area contributed by atoms with E-state index in [9.17, 15) is 0 Å². The van der Waals surface area contributed by atoms with Crippen LogP contribution in [0.1, 0.15) is 18.4 Å². The van der Waals surface area contributed by atoms with Gasteiger partial charge in [0.25, 0.3) is 0 Å². The van der Waals surface area contributed by atoms with Crippen molar-refractivity contribution in [1.82, 2.24) is 9.80 Å². The topological polar surface area (TPSA) is 34.2 Å². The van der Waals surface area contributed by atoms with Crippen molar-refractivity contribution in [3.63, 3.8) is 0 Å². The van der Waals surface area contributed by atoms with Crippen LogP contribution in [0.2, 0.25) is 5.02 Å². The molecule has 2 aliphatic rings. The fraction of sp³-hybridized carbons (Fsp3) is 0.500. The summed E-state index contributed by atoms with van der Waals surface area (Å²) in [7, 11) is 1.67. The summed E-state index contributed by atoms with van der Waals surface area (Å²) < 4.78 is 17.2. The van der Waals surface area contributed by atoms with E-state index in [-0.39, 0.29) is 6.10 Å². The maximum absolute atomic E-state index is 6.00. The molecule has 1 unspecified atom stereocenters. The fourth-order valence-electron chi connectivity index (χ4n) is 4.35. The summed E-state index contributed by atoms with van der Waals surface area (Å²) in [6.07, 6.45) is 2.52. The number of hydrogen-bond acceptors (Lipinski definition) is 5. The van der Waals surface area contributed by atoms with E-state index in [2.05, 4.69) is 21.9 Å². The second-order valence-corrected chi connectivity index (χ2v) is 8.55. The average Bonchev–Trinajstić information content (AvgIpc) is 2.80. The van der Waals surface area contributed by atoms with E-state index in [1.807, 2.05) is 36.4 Å². The van der Waals surface area contributed by atoms with E-state index in [1.165, 1.54) is 18.4 Å². The van der Waals surface area contributed by atoms with Gasteiger partial charge in [-0.25, -0.2) is 0 Å². The van der Waals surface area contributed by atoms with Crippen molar-refractivity contribution in [1.29, 1.82) is 0 Å². The van der Waals surface area contributed by atoms with Crippen LogP contribution in [0, 0.1) is 0 Å². The fourth-order valence-corrected chi connectivity index (χ4v) is 4.47. The highest BCUT2D eigenvalue weighted by Crippen LogP contribution is 2.23. The number of nitrogens with zero attached hydrogens (tertiary/aromatic N) is 2. The van der Waals surface area contributed by atoms with Crippen molar-refractivity contribution in [2.75, 3.05) is 46.5 Å². The van der Waals surface area contributed by atoms with E-state index in [0.717, 1.165) is 55.9 Å². The van der Waals surface area contributed by atoms with Crippen molar-refractivity contribution in [2.45, 2.75) is 31.5 Å². The smallest absolute Gasteiger partial charge is 0.123 e. The molecule has 162 valence electrons. The molecule has 1 atom stereocenters. The Balaban J connectivity index is 1.22. The Bertz CT molecular complexity index is 793. The minimum atomic E-state index is 0.108. The van der Waals surface area contributed by atoms with Crippen LogP contribution in [-0.2, 0) is 11.3 Å². The van der Waals surface area contributed by atoms with Crippen molar-refractivity contribution < 1.29 is 14.2 Å². The molecule has 2 fully saturated rings. The van der Waals surface area contributed by atoms with Crippen molar-refractivity contribution in [2.24, 2.45) is 0 Å². The van der Waals surface area contributed by atoms with Gasteiger partial charge in [0.15, 0.2) is 0 Å². The zero-order chi connectivity index (χ0) is 20.8. The molecule has 0 radical (unpaired) electrons. The number of hydrogen-bond donors (Lipinski definition) is 0. The third-order valence-corrected chi connectivity index (χ3v) is 6.29. The van der Waals surface area contributed by atoms with Crippen LogP contribution in [0.15, 0.2) is 48.5 Å². The summed E-state index contributed by atoms with van der Waals surface area (Å²) in [4.78, 5) is 5.15. The molecule has 5 nitrogen and oxygen atoms in total. The summed E-state index contributed by atoms with van der Waals surface area (Å²) >= 11 is 6.00. The summed E-state index contributed by atoms with van der Waals surface area (Å²) in [6.45, 7) is 6.56. The number of rotatable bonds is 7. The Kier molecular flexibility index (Phi) is 7.50. The lowest BCUT2D eigenvalue weighted by atomic mass is 10.0. The molecule has 0 spiro atoms. The van der Waals surface area contributed by atoms with Gasteiger partial charge in [-0.15, -0.1) is 0 Å². The zero-order valence-electron chi connectivity index (χ0n) is 17.6. The predicted molar refractivity (Wildman–Crippen MR) is 120 cm³/mol. The molecular weight excluding hydrogens is 400 g/mol. The van der Waals surface area contributed by atoms with Gasteiger partial charge < -0.3 is 14.2 Å². The number of likely N-dealkylation sites (tertiary alicyclic amines) is 1. The molecule has 2 aromatic carbocycles. The largest absolute Gasteiger partial charge is 0.497 e. The van der Waals surface area contributed by atoms with Gasteiger partial charge in [0.2, 0.25) is 0 Å². The minimum Gasteiger partial charge on any atom is -0.497 e. The van der Waals surface area contributed by atoms with E-state index in [1.54, 1.807) is 7.11 Å². The highest BCUT2D eigenvalue weighted by molar-refractivity contribution is 6.30. The van der Waals surface area contributed by atoms with Gasteiger partial charge >= 0.3 is 0 Å². The highest BCUT2D eigenvalue weighted by Gasteiger charge is 2.29. The summed E-state index contributed by atoms with van der Waals surface area (Å²) in [5.74, 6) is 1.63. The second kappa shape index (κ2) is 10.5. The molecule has 0 amide bonds. The summed E-state index contributed by atoms with van der Waals surface area (Å²) in [5, 5.41) is 0.801. The molecule has 2 aliphatic heterocycles. The Hall–Kier alpha value is -1.79. The first-order valence-electron chi connectivity index (χ1n) is 10.8. The normalized spacial score (nSPS) is 21.5. The molecule has 0 aromatic heterocycles. The maximum Gasteiger partial charge on any atom is 0.123 e. The van der Waals surface area contributed by atoms with Crippen LogP contribution < -0.4 is 9.47 Å². The lowest BCUT2D eigenvalue weighted by Gasteiger charge is -2.42. The lowest BCUT2D eigenvalue weighted by molar-refractivity contribution is -0.0674. The van der Waals surface area contributed by atoms with Crippen molar-refractivity contribution >= 4 is 11.6 Å². The van der Waals surface area contributed by atoms with Crippen molar-refractivity contribution in [3.8, 4) is 11.5 Å². The quantitative estimate of drug-likeness (QED) is 0.660. The first-order chi connectivity index (χ1) is 14.7. The summed E-state index contributed by atoms with van der Waals surface area (Å²) in [6, 6.07) is 16.6. The summed E-state index contributed by atoms with van der Waals surface area (Å²) in [5.41, 5.74) is 1.33. The Labute approximate surface area is 184 Å². The molecule has 30 heavy (non-hydrogen) atoms. The zero-order valence-corrected chi connectivity index (χ0v) is 18.4. The predicted octanol–water partition coefficient (Wildman–Crippen LogP) is 4.09. The van der Waals surface area contributed by atoms with Gasteiger partial charge in [0.1, 0.15) is 24.2 Å². The Morgan fingerprint density at radius 2 is 1.80 bits per heavy atom. The first kappa shape index (κ1) is 21.4. The number of benzene rings is 2. The molecule has 2 aromatic rings. The van der Waals surface area contributed by atoms with Gasteiger partial charge in [-0.3, -0.25) is 9.80 Å².